The van der Waals surface area contributed by atoms with Gasteiger partial charge in [0.15, 0.2) is 11.1 Å². The average molecular weight is 382 g/mol. The molecule has 1 fully saturated rings. The van der Waals surface area contributed by atoms with Crippen molar-refractivity contribution in [2.75, 3.05) is 31.1 Å². The molecule has 0 bridgehead atoms. The lowest BCUT2D eigenvalue weighted by Gasteiger charge is -2.35. The van der Waals surface area contributed by atoms with Crippen LogP contribution in [-0.2, 0) is 13.1 Å². The Hall–Kier alpha value is -2.87. The molecule has 1 aromatic carbocycles. The molecule has 27 heavy (non-hydrogen) atoms. The fraction of sp³-hybridized carbons (Fsp3) is 0.316. The van der Waals surface area contributed by atoms with E-state index in [0.717, 1.165) is 43.4 Å². The summed E-state index contributed by atoms with van der Waals surface area (Å²) >= 11 is 1.68. The van der Waals surface area contributed by atoms with E-state index in [1.165, 1.54) is 5.56 Å². The number of guanidine groups is 1. The molecule has 0 amide bonds. The van der Waals surface area contributed by atoms with E-state index < -0.39 is 0 Å². The van der Waals surface area contributed by atoms with E-state index in [-0.39, 0.29) is 0 Å². The summed E-state index contributed by atoms with van der Waals surface area (Å²) in [5, 5.41) is 3.10. The van der Waals surface area contributed by atoms with E-state index in [1.807, 2.05) is 24.1 Å². The molecule has 0 saturated carbocycles. The third kappa shape index (κ3) is 4.46. The van der Waals surface area contributed by atoms with Crippen molar-refractivity contribution < 1.29 is 0 Å². The first-order chi connectivity index (χ1) is 13.3. The average Bonchev–Trinajstić information content (AvgIpc) is 3.41. The number of rotatable bonds is 5. The van der Waals surface area contributed by atoms with Crippen molar-refractivity contribution in [1.82, 2.24) is 19.4 Å². The van der Waals surface area contributed by atoms with Crippen LogP contribution in [-0.4, -0.2) is 51.6 Å². The van der Waals surface area contributed by atoms with E-state index in [1.54, 1.807) is 17.5 Å². The summed E-state index contributed by atoms with van der Waals surface area (Å²) in [4.78, 5) is 17.5. The minimum absolute atomic E-state index is 0.594. The van der Waals surface area contributed by atoms with Crippen LogP contribution in [0.5, 0.6) is 0 Å². The Balaban J connectivity index is 1.33. The van der Waals surface area contributed by atoms with Crippen molar-refractivity contribution in [1.29, 1.82) is 0 Å². The van der Waals surface area contributed by atoms with Crippen LogP contribution in [0.4, 0.5) is 5.13 Å². The van der Waals surface area contributed by atoms with Crippen LogP contribution in [0.2, 0.25) is 0 Å². The maximum Gasteiger partial charge on any atom is 0.191 e. The summed E-state index contributed by atoms with van der Waals surface area (Å²) in [5.41, 5.74) is 8.64. The fourth-order valence-corrected chi connectivity index (χ4v) is 3.89. The van der Waals surface area contributed by atoms with E-state index in [4.69, 9.17) is 5.73 Å². The lowest BCUT2D eigenvalue weighted by Crippen LogP contribution is -2.51. The molecule has 1 aliphatic rings. The molecule has 1 aliphatic heterocycles. The van der Waals surface area contributed by atoms with Crippen molar-refractivity contribution in [3.8, 4) is 0 Å². The number of aliphatic imine (C=N–C) groups is 1. The van der Waals surface area contributed by atoms with Crippen molar-refractivity contribution >= 4 is 22.4 Å². The number of hydrogen-bond donors (Lipinski definition) is 1. The second-order valence-electron chi connectivity index (χ2n) is 6.52. The summed E-state index contributed by atoms with van der Waals surface area (Å²) in [6.45, 7) is 4.99. The summed E-state index contributed by atoms with van der Waals surface area (Å²) in [5.74, 6) is 0.619. The van der Waals surface area contributed by atoms with E-state index >= 15 is 0 Å². The third-order valence-electron chi connectivity index (χ3n) is 4.63. The Kier molecular flexibility index (Phi) is 5.34. The van der Waals surface area contributed by atoms with Gasteiger partial charge in [-0.2, -0.15) is 0 Å². The molecule has 2 aromatic heterocycles. The number of aromatic nitrogens is 3. The second kappa shape index (κ2) is 8.22. The van der Waals surface area contributed by atoms with Crippen LogP contribution >= 0.6 is 11.3 Å². The predicted molar refractivity (Wildman–Crippen MR) is 109 cm³/mol. The first-order valence-corrected chi connectivity index (χ1v) is 9.89. The van der Waals surface area contributed by atoms with Gasteiger partial charge >= 0.3 is 0 Å². The Bertz CT molecular complexity index is 865. The number of anilines is 1. The molecular weight excluding hydrogens is 358 g/mol. The highest BCUT2D eigenvalue weighted by Crippen LogP contribution is 2.18. The van der Waals surface area contributed by atoms with Gasteiger partial charge in [0.05, 0.1) is 12.9 Å². The van der Waals surface area contributed by atoms with Crippen molar-refractivity contribution in [2.45, 2.75) is 13.1 Å². The first kappa shape index (κ1) is 17.5. The Morgan fingerprint density at radius 2 is 2.00 bits per heavy atom. The molecule has 7 nitrogen and oxygen atoms in total. The van der Waals surface area contributed by atoms with Crippen LogP contribution < -0.4 is 10.6 Å². The van der Waals surface area contributed by atoms with Gasteiger partial charge in [0.25, 0.3) is 0 Å². The number of nitrogens with two attached hydrogens (primary N) is 1. The van der Waals surface area contributed by atoms with E-state index in [2.05, 4.69) is 53.6 Å². The van der Waals surface area contributed by atoms with Gasteiger partial charge in [0.2, 0.25) is 0 Å². The van der Waals surface area contributed by atoms with Crippen molar-refractivity contribution in [3.63, 3.8) is 0 Å². The quantitative estimate of drug-likeness (QED) is 0.541. The molecule has 0 aliphatic carbocycles. The zero-order valence-corrected chi connectivity index (χ0v) is 15.9. The highest BCUT2D eigenvalue weighted by atomic mass is 32.1. The standard InChI is InChI=1S/C19H23N7S/c20-18(25-7-9-26(10-8-25)19-22-5-11-27-19)23-13-16-2-1-3-17(12-16)14-24-6-4-21-15-24/h1-6,11-12,15H,7-10,13-14H2,(H2,20,23). The van der Waals surface area contributed by atoms with Crippen LogP contribution in [0.1, 0.15) is 11.1 Å². The van der Waals surface area contributed by atoms with E-state index in [9.17, 15) is 0 Å². The smallest absolute Gasteiger partial charge is 0.191 e. The second-order valence-corrected chi connectivity index (χ2v) is 7.39. The van der Waals surface area contributed by atoms with Gasteiger partial charge in [-0.05, 0) is 11.1 Å². The maximum absolute atomic E-state index is 6.24. The lowest BCUT2D eigenvalue weighted by atomic mass is 10.1. The van der Waals surface area contributed by atoms with Gasteiger partial charge in [-0.25, -0.2) is 15.0 Å². The fourth-order valence-electron chi connectivity index (χ4n) is 3.19. The van der Waals surface area contributed by atoms with Crippen molar-refractivity contribution in [3.05, 3.63) is 65.7 Å². The maximum atomic E-state index is 6.24. The topological polar surface area (TPSA) is 75.6 Å². The third-order valence-corrected chi connectivity index (χ3v) is 5.47. The molecule has 1 saturated heterocycles. The van der Waals surface area contributed by atoms with E-state index in [0.29, 0.717) is 12.5 Å². The van der Waals surface area contributed by atoms with Gasteiger partial charge in [0.1, 0.15) is 0 Å². The van der Waals surface area contributed by atoms with Crippen LogP contribution in [0.15, 0.2) is 59.6 Å². The monoisotopic (exact) mass is 381 g/mol. The number of hydrogen-bond acceptors (Lipinski definition) is 5. The zero-order valence-electron chi connectivity index (χ0n) is 15.1. The summed E-state index contributed by atoms with van der Waals surface area (Å²) < 4.78 is 2.05. The minimum atomic E-state index is 0.594. The molecule has 3 aromatic rings. The number of thiazole rings is 1. The van der Waals surface area contributed by atoms with Crippen LogP contribution in [0.3, 0.4) is 0 Å². The molecule has 0 unspecified atom stereocenters. The molecular formula is C19H23N7S. The van der Waals surface area contributed by atoms with Gasteiger partial charge in [-0.1, -0.05) is 24.3 Å². The molecule has 0 spiro atoms. The minimum Gasteiger partial charge on any atom is -0.370 e. The Labute approximate surface area is 162 Å². The van der Waals surface area contributed by atoms with Crippen LogP contribution in [0, 0.1) is 0 Å². The van der Waals surface area contributed by atoms with Crippen molar-refractivity contribution in [2.24, 2.45) is 10.7 Å². The Morgan fingerprint density at radius 3 is 2.74 bits per heavy atom. The number of nitrogens with zero attached hydrogens (tertiary/aromatic N) is 6. The number of piperazine rings is 1. The zero-order chi connectivity index (χ0) is 18.5. The largest absolute Gasteiger partial charge is 0.370 e. The molecule has 3 heterocycles. The SMILES string of the molecule is NC(=NCc1cccc(Cn2ccnc2)c1)N1CCN(c2nccs2)CC1. The van der Waals surface area contributed by atoms with Gasteiger partial charge in [-0.3, -0.25) is 0 Å². The van der Waals surface area contributed by atoms with Gasteiger partial charge in [-0.15, -0.1) is 11.3 Å². The van der Waals surface area contributed by atoms with Gasteiger partial charge < -0.3 is 20.1 Å². The van der Waals surface area contributed by atoms with Crippen LogP contribution in [0.25, 0.3) is 0 Å². The molecule has 2 N–H and O–H groups in total. The summed E-state index contributed by atoms with van der Waals surface area (Å²) in [7, 11) is 0. The molecule has 8 heteroatoms. The normalized spacial score (nSPS) is 15.3. The summed E-state index contributed by atoms with van der Waals surface area (Å²) in [6, 6.07) is 8.46. The summed E-state index contributed by atoms with van der Waals surface area (Å²) in [6.07, 6.45) is 7.44. The highest BCUT2D eigenvalue weighted by molar-refractivity contribution is 7.13. The number of benzene rings is 1. The molecule has 4 rings (SSSR count). The molecule has 0 atom stereocenters. The lowest BCUT2D eigenvalue weighted by molar-refractivity contribution is 0.380. The molecule has 0 radical (unpaired) electrons. The van der Waals surface area contributed by atoms with Gasteiger partial charge in [0, 0.05) is 56.7 Å². The Morgan fingerprint density at radius 1 is 1.15 bits per heavy atom. The highest BCUT2D eigenvalue weighted by Gasteiger charge is 2.19. The molecule has 140 valence electrons. The first-order valence-electron chi connectivity index (χ1n) is 9.01. The number of imidazole rings is 1. The predicted octanol–water partition coefficient (Wildman–Crippen LogP) is 2.02.